The predicted molar refractivity (Wildman–Crippen MR) is 124 cm³/mol. The van der Waals surface area contributed by atoms with Gasteiger partial charge in [0.2, 0.25) is 0 Å². The zero-order valence-corrected chi connectivity index (χ0v) is 20.1. The van der Waals surface area contributed by atoms with Crippen LogP contribution in [-0.2, 0) is 16.7 Å². The summed E-state index contributed by atoms with van der Waals surface area (Å²) in [6.45, 7) is 4.26. The van der Waals surface area contributed by atoms with Crippen molar-refractivity contribution in [2.75, 3.05) is 0 Å². The lowest BCUT2D eigenvalue weighted by Crippen LogP contribution is -2.37. The van der Waals surface area contributed by atoms with Gasteiger partial charge in [-0.2, -0.15) is 8.42 Å². The minimum atomic E-state index is -4.11. The van der Waals surface area contributed by atoms with Crippen LogP contribution in [0.15, 0.2) is 82.2 Å². The van der Waals surface area contributed by atoms with Crippen LogP contribution in [0.5, 0.6) is 5.75 Å². The second-order valence-corrected chi connectivity index (χ2v) is 9.80. The fraction of sp³-hybridized carbons (Fsp3) is 0.208. The Hall–Kier alpha value is -2.71. The van der Waals surface area contributed by atoms with Crippen molar-refractivity contribution in [3.05, 3.63) is 94.2 Å². The molecule has 168 valence electrons. The SMILES string of the molecule is CCC(C)N(Cc1cccc(OS(=O)(=O)c2ccc(F)cc2)c1)C(=O)c1ccc(Br)cc1. The average Bonchev–Trinajstić information content (AvgIpc) is 2.77. The van der Waals surface area contributed by atoms with Crippen molar-refractivity contribution in [1.29, 1.82) is 0 Å². The summed E-state index contributed by atoms with van der Waals surface area (Å²) >= 11 is 3.37. The number of rotatable bonds is 8. The summed E-state index contributed by atoms with van der Waals surface area (Å²) in [5.74, 6) is -0.532. The number of benzene rings is 3. The third-order valence-corrected chi connectivity index (χ3v) is 6.82. The van der Waals surface area contributed by atoms with Gasteiger partial charge in [-0.05, 0) is 79.6 Å². The van der Waals surface area contributed by atoms with Crippen LogP contribution in [0.2, 0.25) is 0 Å². The van der Waals surface area contributed by atoms with Gasteiger partial charge in [-0.3, -0.25) is 4.79 Å². The standard InChI is InChI=1S/C24H23BrFNO4S/c1-3-17(2)27(24(28)19-7-9-20(25)10-8-19)16-18-5-4-6-22(15-18)31-32(29,30)23-13-11-21(26)12-14-23/h4-15,17H,3,16H2,1-2H3. The number of hydrogen-bond acceptors (Lipinski definition) is 4. The molecule has 1 unspecified atom stereocenters. The monoisotopic (exact) mass is 519 g/mol. The molecule has 0 heterocycles. The van der Waals surface area contributed by atoms with Crippen molar-refractivity contribution in [1.82, 2.24) is 4.90 Å². The van der Waals surface area contributed by atoms with Gasteiger partial charge in [0.05, 0.1) is 0 Å². The summed E-state index contributed by atoms with van der Waals surface area (Å²) in [7, 11) is -4.11. The van der Waals surface area contributed by atoms with Gasteiger partial charge in [0.15, 0.2) is 0 Å². The van der Waals surface area contributed by atoms with Gasteiger partial charge in [0, 0.05) is 22.6 Å². The molecule has 32 heavy (non-hydrogen) atoms. The maximum Gasteiger partial charge on any atom is 0.339 e. The van der Waals surface area contributed by atoms with Crippen LogP contribution in [-0.4, -0.2) is 25.3 Å². The molecule has 0 aromatic heterocycles. The van der Waals surface area contributed by atoms with E-state index in [1.807, 2.05) is 32.0 Å². The predicted octanol–water partition coefficient (Wildman–Crippen LogP) is 5.80. The first-order valence-corrected chi connectivity index (χ1v) is 12.2. The Labute approximate surface area is 196 Å². The largest absolute Gasteiger partial charge is 0.379 e. The summed E-state index contributed by atoms with van der Waals surface area (Å²) in [6.07, 6.45) is 0.761. The Bertz CT molecular complexity index is 1180. The Morgan fingerprint density at radius 3 is 2.34 bits per heavy atom. The van der Waals surface area contributed by atoms with Crippen LogP contribution in [0.4, 0.5) is 4.39 Å². The molecule has 0 radical (unpaired) electrons. The van der Waals surface area contributed by atoms with E-state index in [1.54, 1.807) is 29.2 Å². The zero-order valence-electron chi connectivity index (χ0n) is 17.7. The maximum atomic E-state index is 13.1. The number of carbonyl (C=O) groups excluding carboxylic acids is 1. The van der Waals surface area contributed by atoms with Crippen LogP contribution < -0.4 is 4.18 Å². The highest BCUT2D eigenvalue weighted by molar-refractivity contribution is 9.10. The fourth-order valence-electron chi connectivity index (χ4n) is 3.07. The Balaban J connectivity index is 1.82. The molecule has 0 saturated carbocycles. The van der Waals surface area contributed by atoms with Crippen LogP contribution in [0.3, 0.4) is 0 Å². The van der Waals surface area contributed by atoms with Gasteiger partial charge in [-0.15, -0.1) is 0 Å². The molecule has 0 aliphatic heterocycles. The van der Waals surface area contributed by atoms with Crippen LogP contribution in [0.1, 0.15) is 36.2 Å². The van der Waals surface area contributed by atoms with Gasteiger partial charge >= 0.3 is 10.1 Å². The summed E-state index contributed by atoms with van der Waals surface area (Å²) < 4.78 is 44.2. The smallest absolute Gasteiger partial charge is 0.339 e. The quantitative estimate of drug-likeness (QED) is 0.353. The normalized spacial score (nSPS) is 12.2. The van der Waals surface area contributed by atoms with Gasteiger partial charge in [0.25, 0.3) is 5.91 Å². The third kappa shape index (κ3) is 5.95. The van der Waals surface area contributed by atoms with Gasteiger partial charge in [0.1, 0.15) is 16.5 Å². The van der Waals surface area contributed by atoms with E-state index in [0.717, 1.165) is 40.7 Å². The zero-order chi connectivity index (χ0) is 23.3. The minimum absolute atomic E-state index is 0.0290. The Morgan fingerprint density at radius 1 is 1.06 bits per heavy atom. The molecule has 0 spiro atoms. The van der Waals surface area contributed by atoms with E-state index in [9.17, 15) is 17.6 Å². The molecule has 0 N–H and O–H groups in total. The van der Waals surface area contributed by atoms with E-state index < -0.39 is 15.9 Å². The molecule has 5 nitrogen and oxygen atoms in total. The highest BCUT2D eigenvalue weighted by atomic mass is 79.9. The van der Waals surface area contributed by atoms with Gasteiger partial charge < -0.3 is 9.08 Å². The van der Waals surface area contributed by atoms with Crippen LogP contribution >= 0.6 is 15.9 Å². The van der Waals surface area contributed by atoms with Crippen molar-refractivity contribution >= 4 is 32.0 Å². The topological polar surface area (TPSA) is 63.7 Å². The minimum Gasteiger partial charge on any atom is -0.379 e. The molecular formula is C24H23BrFNO4S. The molecule has 3 aromatic carbocycles. The van der Waals surface area contributed by atoms with E-state index in [1.165, 1.54) is 6.07 Å². The number of nitrogens with zero attached hydrogens (tertiary/aromatic N) is 1. The molecule has 0 saturated heterocycles. The number of carbonyl (C=O) groups is 1. The van der Waals surface area contributed by atoms with Crippen molar-refractivity contribution < 1.29 is 21.8 Å². The molecule has 3 aromatic rings. The van der Waals surface area contributed by atoms with Crippen molar-refractivity contribution in [3.8, 4) is 5.75 Å². The second-order valence-electron chi connectivity index (χ2n) is 7.34. The molecule has 3 rings (SSSR count). The van der Waals surface area contributed by atoms with Crippen LogP contribution in [0.25, 0.3) is 0 Å². The molecule has 8 heteroatoms. The first-order valence-electron chi connectivity index (χ1n) is 10.0. The summed E-state index contributed by atoms with van der Waals surface area (Å²) in [4.78, 5) is 14.7. The van der Waals surface area contributed by atoms with E-state index >= 15 is 0 Å². The number of halogens is 2. The maximum absolute atomic E-state index is 13.1. The molecule has 1 amide bonds. The van der Waals surface area contributed by atoms with Gasteiger partial charge in [-0.1, -0.05) is 35.0 Å². The highest BCUT2D eigenvalue weighted by Crippen LogP contribution is 2.23. The van der Waals surface area contributed by atoms with E-state index in [4.69, 9.17) is 4.18 Å². The number of hydrogen-bond donors (Lipinski definition) is 0. The first-order chi connectivity index (χ1) is 15.2. The number of amides is 1. The first kappa shape index (κ1) is 23.9. The average molecular weight is 520 g/mol. The van der Waals surface area contributed by atoms with Crippen molar-refractivity contribution in [2.24, 2.45) is 0 Å². The third-order valence-electron chi connectivity index (χ3n) is 5.03. The lowest BCUT2D eigenvalue weighted by Gasteiger charge is -2.29. The fourth-order valence-corrected chi connectivity index (χ4v) is 4.26. The second kappa shape index (κ2) is 10.3. The van der Waals surface area contributed by atoms with Gasteiger partial charge in [-0.25, -0.2) is 4.39 Å². The van der Waals surface area contributed by atoms with Crippen molar-refractivity contribution in [2.45, 2.75) is 37.8 Å². The van der Waals surface area contributed by atoms with Crippen molar-refractivity contribution in [3.63, 3.8) is 0 Å². The summed E-state index contributed by atoms with van der Waals surface area (Å²) in [5.41, 5.74) is 1.29. The van der Waals surface area contributed by atoms with E-state index in [-0.39, 0.29) is 29.1 Å². The van der Waals surface area contributed by atoms with E-state index in [0.29, 0.717) is 5.56 Å². The lowest BCUT2D eigenvalue weighted by atomic mass is 10.1. The Morgan fingerprint density at radius 2 is 1.72 bits per heavy atom. The Kier molecular flexibility index (Phi) is 7.69. The molecule has 0 fully saturated rings. The molecule has 1 atom stereocenters. The summed E-state index contributed by atoms with van der Waals surface area (Å²) in [6, 6.07) is 18.1. The highest BCUT2D eigenvalue weighted by Gasteiger charge is 2.22. The summed E-state index contributed by atoms with van der Waals surface area (Å²) in [5, 5.41) is 0. The van der Waals surface area contributed by atoms with E-state index in [2.05, 4.69) is 15.9 Å². The lowest BCUT2D eigenvalue weighted by molar-refractivity contribution is 0.0671. The molecule has 0 aliphatic carbocycles. The molecule has 0 aliphatic rings. The molecule has 0 bridgehead atoms. The molecular weight excluding hydrogens is 497 g/mol. The van der Waals surface area contributed by atoms with Crippen LogP contribution in [0, 0.1) is 5.82 Å².